The van der Waals surface area contributed by atoms with E-state index in [9.17, 15) is 15.3 Å². The Kier molecular flexibility index (Phi) is 7.53. The molecule has 0 aliphatic carbocycles. The lowest BCUT2D eigenvalue weighted by molar-refractivity contribution is -0.292. The van der Waals surface area contributed by atoms with Crippen molar-refractivity contribution in [2.75, 3.05) is 20.2 Å². The molecule has 138 valence electrons. The van der Waals surface area contributed by atoms with Gasteiger partial charge in [-0.25, -0.2) is 4.68 Å². The van der Waals surface area contributed by atoms with Crippen LogP contribution in [0, 0.1) is 0 Å². The molecule has 0 saturated carbocycles. The largest absolute Gasteiger partial charge is 0.388 e. The third kappa shape index (κ3) is 4.95. The molecule has 4 N–H and O–H groups in total. The summed E-state index contributed by atoms with van der Waals surface area (Å²) in [6.07, 6.45) is -0.875. The van der Waals surface area contributed by atoms with Gasteiger partial charge in [-0.15, -0.1) is 5.10 Å². The Bertz CT molecular complexity index is 484. The van der Waals surface area contributed by atoms with E-state index in [2.05, 4.69) is 22.6 Å². The number of rotatable bonds is 9. The minimum Gasteiger partial charge on any atom is -0.388 e. The van der Waals surface area contributed by atoms with E-state index in [0.29, 0.717) is 0 Å². The molecule has 0 amide bonds. The van der Waals surface area contributed by atoms with E-state index < -0.39 is 30.7 Å². The summed E-state index contributed by atoms with van der Waals surface area (Å²) >= 11 is 0. The lowest BCUT2D eigenvalue weighted by atomic mass is 9.99. The van der Waals surface area contributed by atoms with Crippen LogP contribution in [0.3, 0.4) is 0 Å². The highest BCUT2D eigenvalue weighted by molar-refractivity contribution is 4.94. The van der Waals surface area contributed by atoms with E-state index in [1.54, 1.807) is 10.9 Å². The number of hydrogen-bond acceptors (Lipinski definition) is 8. The summed E-state index contributed by atoms with van der Waals surface area (Å²) < 4.78 is 12.0. The monoisotopic (exact) mass is 344 g/mol. The van der Waals surface area contributed by atoms with Crippen molar-refractivity contribution in [3.63, 3.8) is 0 Å². The molecule has 1 aromatic rings. The second-order valence-corrected chi connectivity index (χ2v) is 6.04. The molecule has 9 heteroatoms. The van der Waals surface area contributed by atoms with Crippen LogP contribution >= 0.6 is 0 Å². The zero-order chi connectivity index (χ0) is 17.5. The Hall–Kier alpha value is -1.10. The predicted octanol–water partition coefficient (Wildman–Crippen LogP) is -1.34. The van der Waals surface area contributed by atoms with Gasteiger partial charge in [-0.3, -0.25) is 0 Å². The summed E-state index contributed by atoms with van der Waals surface area (Å²) in [5.41, 5.74) is 0.863. The minimum atomic E-state index is -1.33. The molecule has 1 fully saturated rings. The molecule has 5 unspecified atom stereocenters. The fourth-order valence-electron chi connectivity index (χ4n) is 2.69. The van der Waals surface area contributed by atoms with Crippen LogP contribution in [0.2, 0.25) is 0 Å². The molecule has 24 heavy (non-hydrogen) atoms. The molecule has 2 rings (SSSR count). The number of hydrogen-bond donors (Lipinski definition) is 4. The standard InChI is InChI=1S/C15H28N4O5/c1-3-6-16-7-4-5-10-8-19(18-17-10)9-11-12(20)13(21)14(22)15(23-2)24-11/h8,11-16,20-22H,3-7,9H2,1-2H3. The maximum absolute atomic E-state index is 10.1. The third-order valence-electron chi connectivity index (χ3n) is 4.07. The summed E-state index contributed by atoms with van der Waals surface area (Å²) in [5, 5.41) is 41.1. The molecular formula is C15H28N4O5. The summed E-state index contributed by atoms with van der Waals surface area (Å²) in [4.78, 5) is 0. The molecule has 9 nitrogen and oxygen atoms in total. The highest BCUT2D eigenvalue weighted by Gasteiger charge is 2.44. The SMILES string of the molecule is CCCNCCCc1cn(CC2OC(OC)C(O)C(O)C2O)nn1. The summed E-state index contributed by atoms with van der Waals surface area (Å²) in [7, 11) is 1.37. The van der Waals surface area contributed by atoms with Crippen molar-refractivity contribution >= 4 is 0 Å². The fraction of sp³-hybridized carbons (Fsp3) is 0.867. The number of aliphatic hydroxyl groups excluding tert-OH is 3. The molecular weight excluding hydrogens is 316 g/mol. The average Bonchev–Trinajstić information content (AvgIpc) is 3.02. The maximum atomic E-state index is 10.1. The van der Waals surface area contributed by atoms with E-state index in [1.807, 2.05) is 0 Å². The number of aryl methyl sites for hydroxylation is 1. The zero-order valence-electron chi connectivity index (χ0n) is 14.2. The number of methoxy groups -OCH3 is 1. The Labute approximate surface area is 141 Å². The number of aliphatic hydroxyl groups is 3. The molecule has 1 saturated heterocycles. The lowest BCUT2D eigenvalue weighted by Crippen LogP contribution is -2.58. The summed E-state index contributed by atoms with van der Waals surface area (Å²) in [6.45, 7) is 4.29. The molecule has 0 bridgehead atoms. The highest BCUT2D eigenvalue weighted by atomic mass is 16.7. The Balaban J connectivity index is 1.84. The Morgan fingerprint density at radius 3 is 2.75 bits per heavy atom. The van der Waals surface area contributed by atoms with Gasteiger partial charge >= 0.3 is 0 Å². The van der Waals surface area contributed by atoms with Gasteiger partial charge in [-0.1, -0.05) is 12.1 Å². The second kappa shape index (κ2) is 9.40. The predicted molar refractivity (Wildman–Crippen MR) is 85.2 cm³/mol. The van der Waals surface area contributed by atoms with Crippen molar-refractivity contribution in [3.05, 3.63) is 11.9 Å². The lowest BCUT2D eigenvalue weighted by Gasteiger charge is -2.39. The van der Waals surface area contributed by atoms with Crippen LogP contribution in [-0.2, 0) is 22.4 Å². The van der Waals surface area contributed by atoms with Gasteiger partial charge < -0.3 is 30.1 Å². The van der Waals surface area contributed by atoms with Crippen molar-refractivity contribution in [1.29, 1.82) is 0 Å². The van der Waals surface area contributed by atoms with Crippen LogP contribution in [0.25, 0.3) is 0 Å². The molecule has 0 aromatic carbocycles. The minimum absolute atomic E-state index is 0.214. The van der Waals surface area contributed by atoms with E-state index in [-0.39, 0.29) is 6.54 Å². The number of ether oxygens (including phenoxy) is 2. The van der Waals surface area contributed by atoms with Gasteiger partial charge in [0.25, 0.3) is 0 Å². The third-order valence-corrected chi connectivity index (χ3v) is 4.07. The molecule has 2 heterocycles. The van der Waals surface area contributed by atoms with Gasteiger partial charge in [0.15, 0.2) is 6.29 Å². The van der Waals surface area contributed by atoms with Crippen molar-refractivity contribution in [3.8, 4) is 0 Å². The zero-order valence-corrected chi connectivity index (χ0v) is 14.2. The Morgan fingerprint density at radius 1 is 1.25 bits per heavy atom. The van der Waals surface area contributed by atoms with Crippen molar-refractivity contribution in [1.82, 2.24) is 20.3 Å². The highest BCUT2D eigenvalue weighted by Crippen LogP contribution is 2.22. The first-order valence-electron chi connectivity index (χ1n) is 8.39. The van der Waals surface area contributed by atoms with Gasteiger partial charge in [0.1, 0.15) is 24.4 Å². The number of aromatic nitrogens is 3. The van der Waals surface area contributed by atoms with Crippen molar-refractivity contribution in [2.45, 2.75) is 63.4 Å². The number of nitrogens with zero attached hydrogens (tertiary/aromatic N) is 3. The first-order valence-corrected chi connectivity index (χ1v) is 8.39. The smallest absolute Gasteiger partial charge is 0.186 e. The van der Waals surface area contributed by atoms with Gasteiger partial charge in [-0.05, 0) is 32.4 Å². The van der Waals surface area contributed by atoms with E-state index in [1.165, 1.54) is 7.11 Å². The van der Waals surface area contributed by atoms with E-state index in [0.717, 1.165) is 38.0 Å². The van der Waals surface area contributed by atoms with Crippen LogP contribution in [0.15, 0.2) is 6.20 Å². The van der Waals surface area contributed by atoms with Gasteiger partial charge in [0.05, 0.1) is 12.2 Å². The fourth-order valence-corrected chi connectivity index (χ4v) is 2.69. The molecule has 1 aromatic heterocycles. The van der Waals surface area contributed by atoms with Crippen LogP contribution in [0.5, 0.6) is 0 Å². The molecule has 0 spiro atoms. The molecule has 1 aliphatic rings. The first kappa shape index (κ1) is 19.2. The van der Waals surface area contributed by atoms with Gasteiger partial charge in [0.2, 0.25) is 0 Å². The Morgan fingerprint density at radius 2 is 2.04 bits per heavy atom. The second-order valence-electron chi connectivity index (χ2n) is 6.04. The van der Waals surface area contributed by atoms with Crippen LogP contribution in [-0.4, -0.2) is 81.2 Å². The van der Waals surface area contributed by atoms with Gasteiger partial charge in [-0.2, -0.15) is 0 Å². The topological polar surface area (TPSA) is 122 Å². The van der Waals surface area contributed by atoms with E-state index in [4.69, 9.17) is 9.47 Å². The van der Waals surface area contributed by atoms with Crippen LogP contribution < -0.4 is 5.32 Å². The molecule has 0 radical (unpaired) electrons. The first-order chi connectivity index (χ1) is 11.6. The van der Waals surface area contributed by atoms with Gasteiger partial charge in [0, 0.05) is 13.3 Å². The summed E-state index contributed by atoms with van der Waals surface area (Å²) in [5.74, 6) is 0. The number of nitrogens with one attached hydrogen (secondary N) is 1. The van der Waals surface area contributed by atoms with Crippen molar-refractivity contribution < 1.29 is 24.8 Å². The summed E-state index contributed by atoms with van der Waals surface area (Å²) in [6, 6.07) is 0. The quantitative estimate of drug-likeness (QED) is 0.406. The average molecular weight is 344 g/mol. The van der Waals surface area contributed by atoms with Crippen molar-refractivity contribution in [2.24, 2.45) is 0 Å². The van der Waals surface area contributed by atoms with E-state index >= 15 is 0 Å². The normalized spacial score (nSPS) is 30.6. The van der Waals surface area contributed by atoms with Crippen LogP contribution in [0.4, 0.5) is 0 Å². The molecule has 5 atom stereocenters. The maximum Gasteiger partial charge on any atom is 0.186 e. The molecule has 1 aliphatic heterocycles. The van der Waals surface area contributed by atoms with Crippen LogP contribution in [0.1, 0.15) is 25.5 Å².